The molecule has 0 saturated heterocycles. The van der Waals surface area contributed by atoms with Crippen LogP contribution in [-0.2, 0) is 11.3 Å². The van der Waals surface area contributed by atoms with Crippen LogP contribution in [0.15, 0.2) is 57.8 Å². The van der Waals surface area contributed by atoms with Gasteiger partial charge in [0.25, 0.3) is 5.56 Å². The summed E-state index contributed by atoms with van der Waals surface area (Å²) in [6, 6.07) is 15.1. The van der Waals surface area contributed by atoms with E-state index in [2.05, 4.69) is 10.5 Å². The van der Waals surface area contributed by atoms with Gasteiger partial charge >= 0.3 is 6.09 Å². The predicted octanol–water partition coefficient (Wildman–Crippen LogP) is 5.76. The van der Waals surface area contributed by atoms with Gasteiger partial charge in [-0.25, -0.2) is 4.79 Å². The van der Waals surface area contributed by atoms with Crippen molar-refractivity contribution in [3.8, 4) is 0 Å². The number of fused-ring (bicyclic) bond motifs is 3. The smallest absolute Gasteiger partial charge is 0.407 e. The minimum Gasteiger partial charge on any atom is -0.445 e. The molecule has 34 heavy (non-hydrogen) atoms. The van der Waals surface area contributed by atoms with Crippen molar-refractivity contribution in [1.29, 1.82) is 0 Å². The third-order valence-electron chi connectivity index (χ3n) is 6.64. The van der Waals surface area contributed by atoms with E-state index in [-0.39, 0.29) is 24.1 Å². The van der Waals surface area contributed by atoms with Gasteiger partial charge in [0, 0.05) is 12.6 Å². The zero-order valence-corrected chi connectivity index (χ0v) is 19.7. The molecule has 1 aliphatic rings. The number of carbonyl (C=O) groups excluding carboxylic acids is 1. The first-order chi connectivity index (χ1) is 16.5. The molecule has 8 heteroatoms. The van der Waals surface area contributed by atoms with E-state index in [1.165, 1.54) is 0 Å². The molecule has 2 aromatic carbocycles. The molecule has 0 aliphatic heterocycles. The first-order valence-corrected chi connectivity index (χ1v) is 11.9. The number of pyridine rings is 1. The van der Waals surface area contributed by atoms with Crippen molar-refractivity contribution in [1.82, 2.24) is 15.0 Å². The second-order valence-electron chi connectivity index (χ2n) is 8.91. The number of rotatable bonds is 5. The fourth-order valence-electron chi connectivity index (χ4n) is 5.01. The van der Waals surface area contributed by atoms with Crippen LogP contribution in [0.4, 0.5) is 4.79 Å². The van der Waals surface area contributed by atoms with Crippen molar-refractivity contribution >= 4 is 39.6 Å². The summed E-state index contributed by atoms with van der Waals surface area (Å²) in [6.45, 7) is 2.52. The fraction of sp³-hybridized carbons (Fsp3) is 0.346. The zero-order chi connectivity index (χ0) is 23.7. The predicted molar refractivity (Wildman–Crippen MR) is 131 cm³/mol. The van der Waals surface area contributed by atoms with Gasteiger partial charge in [0.2, 0.25) is 0 Å². The van der Waals surface area contributed by atoms with Crippen LogP contribution in [-0.4, -0.2) is 22.4 Å². The molecule has 176 valence electrons. The lowest BCUT2D eigenvalue weighted by atomic mass is 9.85. The Morgan fingerprint density at radius 2 is 2.00 bits per heavy atom. The Morgan fingerprint density at radius 3 is 2.82 bits per heavy atom. The fourth-order valence-corrected chi connectivity index (χ4v) is 5.26. The number of ether oxygens (including phenoxy) is 1. The van der Waals surface area contributed by atoms with Crippen molar-refractivity contribution in [3.05, 3.63) is 75.2 Å². The number of nitrogens with zero attached hydrogens (tertiary/aromatic N) is 2. The lowest BCUT2D eigenvalue weighted by Gasteiger charge is -2.31. The highest BCUT2D eigenvalue weighted by Gasteiger charge is 2.28. The average molecular weight is 480 g/mol. The van der Waals surface area contributed by atoms with Crippen LogP contribution in [0.5, 0.6) is 0 Å². The lowest BCUT2D eigenvalue weighted by molar-refractivity contribution is 0.135. The molecule has 1 aliphatic carbocycles. The monoisotopic (exact) mass is 479 g/mol. The minimum absolute atomic E-state index is 0.00643. The first kappa shape index (κ1) is 22.5. The number of amides is 1. The maximum absolute atomic E-state index is 13.6. The van der Waals surface area contributed by atoms with E-state index in [9.17, 15) is 9.59 Å². The quantitative estimate of drug-likeness (QED) is 0.393. The molecule has 2 aromatic heterocycles. The summed E-state index contributed by atoms with van der Waals surface area (Å²) in [5, 5.41) is 8.64. The molecule has 2 heterocycles. The van der Waals surface area contributed by atoms with Crippen LogP contribution in [0.1, 0.15) is 43.0 Å². The number of nitrogens with one attached hydrogen (secondary N) is 1. The van der Waals surface area contributed by atoms with E-state index in [0.717, 1.165) is 36.8 Å². The number of aryl methyl sites for hydroxylation is 1. The maximum Gasteiger partial charge on any atom is 0.407 e. The summed E-state index contributed by atoms with van der Waals surface area (Å²) in [5.41, 5.74) is 2.59. The third-order valence-corrected chi connectivity index (χ3v) is 6.96. The molecule has 2 atom stereocenters. The van der Waals surface area contributed by atoms with Crippen molar-refractivity contribution < 1.29 is 14.1 Å². The molecule has 4 aromatic rings. The molecular weight excluding hydrogens is 454 g/mol. The van der Waals surface area contributed by atoms with Crippen molar-refractivity contribution in [2.45, 2.75) is 45.3 Å². The summed E-state index contributed by atoms with van der Waals surface area (Å²) < 4.78 is 12.7. The van der Waals surface area contributed by atoms with Gasteiger partial charge < -0.3 is 19.1 Å². The molecule has 0 spiro atoms. The summed E-state index contributed by atoms with van der Waals surface area (Å²) in [7, 11) is 0. The highest BCUT2D eigenvalue weighted by Crippen LogP contribution is 2.37. The van der Waals surface area contributed by atoms with E-state index < -0.39 is 6.09 Å². The van der Waals surface area contributed by atoms with Gasteiger partial charge in [-0.3, -0.25) is 4.79 Å². The molecule has 1 saturated carbocycles. The van der Waals surface area contributed by atoms with Gasteiger partial charge in [-0.2, -0.15) is 0 Å². The Bertz CT molecular complexity index is 1400. The van der Waals surface area contributed by atoms with Gasteiger partial charge in [-0.1, -0.05) is 59.6 Å². The molecule has 1 amide bonds. The summed E-state index contributed by atoms with van der Waals surface area (Å²) in [4.78, 5) is 25.8. The Hall–Kier alpha value is -3.32. The lowest BCUT2D eigenvalue weighted by Crippen LogP contribution is -2.35. The van der Waals surface area contributed by atoms with E-state index in [1.807, 2.05) is 47.0 Å². The van der Waals surface area contributed by atoms with Crippen molar-refractivity contribution in [2.24, 2.45) is 5.92 Å². The Kier molecular flexibility index (Phi) is 6.28. The van der Waals surface area contributed by atoms with E-state index in [4.69, 9.17) is 20.9 Å². The highest BCUT2D eigenvalue weighted by atomic mass is 35.5. The van der Waals surface area contributed by atoms with Gasteiger partial charge in [0.15, 0.2) is 5.58 Å². The molecule has 5 rings (SSSR count). The van der Waals surface area contributed by atoms with E-state index in [0.29, 0.717) is 33.6 Å². The number of alkyl carbamates (subject to hydrolysis) is 1. The summed E-state index contributed by atoms with van der Waals surface area (Å²) >= 11 is 6.53. The van der Waals surface area contributed by atoms with Crippen molar-refractivity contribution in [3.63, 3.8) is 0 Å². The van der Waals surface area contributed by atoms with Gasteiger partial charge in [-0.15, -0.1) is 0 Å². The molecule has 1 N–H and O–H groups in total. The second-order valence-corrected chi connectivity index (χ2v) is 9.32. The van der Waals surface area contributed by atoms with Crippen LogP contribution in [0.2, 0.25) is 5.02 Å². The topological polar surface area (TPSA) is 86.4 Å². The molecule has 0 bridgehead atoms. The second kappa shape index (κ2) is 9.50. The van der Waals surface area contributed by atoms with Gasteiger partial charge in [0.05, 0.1) is 21.6 Å². The number of halogens is 1. The average Bonchev–Trinajstić information content (AvgIpc) is 3.24. The van der Waals surface area contributed by atoms with Crippen LogP contribution >= 0.6 is 11.6 Å². The molecule has 0 unspecified atom stereocenters. The number of hydrogen-bond donors (Lipinski definition) is 1. The zero-order valence-electron chi connectivity index (χ0n) is 18.9. The van der Waals surface area contributed by atoms with Crippen LogP contribution < -0.4 is 10.9 Å². The largest absolute Gasteiger partial charge is 0.445 e. The maximum atomic E-state index is 13.6. The minimum atomic E-state index is -0.429. The van der Waals surface area contributed by atoms with Crippen LogP contribution in [0.3, 0.4) is 0 Å². The Labute approximate surface area is 201 Å². The van der Waals surface area contributed by atoms with Gasteiger partial charge in [-0.05, 0) is 49.8 Å². The number of hydrogen-bond acceptors (Lipinski definition) is 5. The standard InChI is InChI=1S/C26H26ClN3O4/c1-16-22-24(34-29-16)23-20(27)11-6-12-21(23)30(25(22)31)19-10-5-9-18(13-19)14-28-26(32)33-15-17-7-3-2-4-8-17/h2-4,6-8,11-12,18-19H,5,9-10,13-15H2,1H3,(H,28,32)/t18-,19+/m1/s1. The third kappa shape index (κ3) is 4.28. The number of aromatic nitrogens is 2. The SMILES string of the molecule is Cc1noc2c1c(=O)n([C@H]1CCC[C@@H](CNC(=O)OCc3ccccc3)C1)c1cccc(Cl)c21. The molecule has 0 radical (unpaired) electrons. The Balaban J connectivity index is 1.34. The number of carbonyl (C=O) groups is 1. The molecular formula is C26H26ClN3O4. The van der Waals surface area contributed by atoms with E-state index >= 15 is 0 Å². The van der Waals surface area contributed by atoms with Crippen molar-refractivity contribution in [2.75, 3.05) is 6.54 Å². The summed E-state index contributed by atoms with van der Waals surface area (Å²) in [5.74, 6) is 0.239. The first-order valence-electron chi connectivity index (χ1n) is 11.6. The van der Waals surface area contributed by atoms with Crippen LogP contribution in [0.25, 0.3) is 21.9 Å². The molecule has 7 nitrogen and oxygen atoms in total. The Morgan fingerprint density at radius 1 is 1.18 bits per heavy atom. The van der Waals surface area contributed by atoms with Crippen LogP contribution in [0, 0.1) is 12.8 Å². The summed E-state index contributed by atoms with van der Waals surface area (Å²) in [6.07, 6.45) is 3.17. The van der Waals surface area contributed by atoms with Gasteiger partial charge in [0.1, 0.15) is 12.0 Å². The van der Waals surface area contributed by atoms with E-state index in [1.54, 1.807) is 13.0 Å². The number of benzene rings is 2. The normalized spacial score (nSPS) is 18.3. The molecule has 1 fully saturated rings. The highest BCUT2D eigenvalue weighted by molar-refractivity contribution is 6.37.